The second-order valence-electron chi connectivity index (χ2n) is 8.48. The van der Waals surface area contributed by atoms with E-state index in [0.29, 0.717) is 17.8 Å². The smallest absolute Gasteiger partial charge is 0.162 e. The zero-order valence-electron chi connectivity index (χ0n) is 17.6. The Morgan fingerprint density at radius 1 is 1.03 bits per heavy atom. The molecular weight excluding hydrogens is 398 g/mol. The molecule has 2 aromatic heterocycles. The molecule has 0 unspecified atom stereocenters. The highest BCUT2D eigenvalue weighted by molar-refractivity contribution is 7.94. The number of hydrogen-bond donors (Lipinski definition) is 1. The Hall–Kier alpha value is -2.03. The summed E-state index contributed by atoms with van der Waals surface area (Å²) in [6, 6.07) is 5.14. The van der Waals surface area contributed by atoms with Gasteiger partial charge in [0.15, 0.2) is 11.5 Å². The minimum Gasteiger partial charge on any atom is -0.493 e. The molecule has 1 aromatic carbocycles. The zero-order chi connectivity index (χ0) is 20.7. The van der Waals surface area contributed by atoms with E-state index in [9.17, 15) is 0 Å². The first-order chi connectivity index (χ1) is 14.7. The Bertz CT molecular complexity index is 1040. The van der Waals surface area contributed by atoms with Crippen molar-refractivity contribution in [2.75, 3.05) is 20.8 Å². The molecule has 7 nitrogen and oxygen atoms in total. The Balaban J connectivity index is 1.41. The van der Waals surface area contributed by atoms with Crippen LogP contribution in [0.2, 0.25) is 0 Å². The van der Waals surface area contributed by atoms with Crippen LogP contribution in [-0.4, -0.2) is 45.6 Å². The van der Waals surface area contributed by atoms with Gasteiger partial charge < -0.3 is 14.0 Å². The second kappa shape index (κ2) is 8.24. The minimum absolute atomic E-state index is 0.463. The number of nitrogens with zero attached hydrogens (tertiary/aromatic N) is 4. The fourth-order valence-corrected chi connectivity index (χ4v) is 5.50. The molecule has 3 aromatic rings. The largest absolute Gasteiger partial charge is 0.493 e. The lowest BCUT2D eigenvalue weighted by Crippen LogP contribution is -2.30. The lowest BCUT2D eigenvalue weighted by molar-refractivity contribution is 0.241. The van der Waals surface area contributed by atoms with E-state index in [4.69, 9.17) is 14.6 Å². The van der Waals surface area contributed by atoms with Crippen LogP contribution in [0.3, 0.4) is 0 Å². The van der Waals surface area contributed by atoms with Crippen LogP contribution in [0, 0.1) is 5.92 Å². The molecule has 8 heteroatoms. The Morgan fingerprint density at radius 3 is 2.43 bits per heavy atom. The predicted octanol–water partition coefficient (Wildman–Crippen LogP) is 4.32. The molecule has 2 saturated carbocycles. The van der Waals surface area contributed by atoms with Gasteiger partial charge in [0.25, 0.3) is 0 Å². The van der Waals surface area contributed by atoms with E-state index in [2.05, 4.69) is 18.8 Å². The number of fused-ring (bicyclic) bond motifs is 3. The number of rotatable bonds is 7. The van der Waals surface area contributed by atoms with Crippen molar-refractivity contribution in [3.63, 3.8) is 0 Å². The SMILES string of the molecule is COc1cc2ncc3ncn(C4CCC(CN(SN)C5CC5)CC4)c3c2cc1OC. The van der Waals surface area contributed by atoms with E-state index in [0.717, 1.165) is 40.1 Å². The van der Waals surface area contributed by atoms with E-state index in [1.165, 1.54) is 50.7 Å². The van der Waals surface area contributed by atoms with Crippen LogP contribution in [0.1, 0.15) is 44.6 Å². The van der Waals surface area contributed by atoms with Crippen LogP contribution in [0.15, 0.2) is 24.7 Å². The van der Waals surface area contributed by atoms with Crippen LogP contribution >= 0.6 is 12.1 Å². The topological polar surface area (TPSA) is 78.4 Å². The van der Waals surface area contributed by atoms with Crippen molar-refractivity contribution in [1.29, 1.82) is 0 Å². The van der Waals surface area contributed by atoms with E-state index in [1.807, 2.05) is 24.7 Å². The van der Waals surface area contributed by atoms with Crippen molar-refractivity contribution < 1.29 is 9.47 Å². The number of methoxy groups -OCH3 is 2. The zero-order valence-corrected chi connectivity index (χ0v) is 18.4. The van der Waals surface area contributed by atoms with Gasteiger partial charge in [0, 0.05) is 42.2 Å². The summed E-state index contributed by atoms with van der Waals surface area (Å²) < 4.78 is 15.8. The number of aromatic nitrogens is 3. The monoisotopic (exact) mass is 427 g/mol. The van der Waals surface area contributed by atoms with Crippen molar-refractivity contribution in [2.45, 2.75) is 50.6 Å². The first-order valence-corrected chi connectivity index (χ1v) is 11.6. The van der Waals surface area contributed by atoms with Crippen LogP contribution < -0.4 is 14.6 Å². The van der Waals surface area contributed by atoms with E-state index >= 15 is 0 Å². The number of imidazole rings is 1. The van der Waals surface area contributed by atoms with Gasteiger partial charge in [-0.25, -0.2) is 9.29 Å². The molecule has 0 saturated heterocycles. The summed E-state index contributed by atoms with van der Waals surface area (Å²) in [6.07, 6.45) is 11.2. The lowest BCUT2D eigenvalue weighted by Gasteiger charge is -2.32. The van der Waals surface area contributed by atoms with Crippen molar-refractivity contribution in [3.8, 4) is 11.5 Å². The quantitative estimate of drug-likeness (QED) is 0.563. The first-order valence-electron chi connectivity index (χ1n) is 10.7. The normalized spacial score (nSPS) is 22.1. The highest BCUT2D eigenvalue weighted by Gasteiger charge is 2.32. The third kappa shape index (κ3) is 3.61. The average Bonchev–Trinajstić information content (AvgIpc) is 3.54. The summed E-state index contributed by atoms with van der Waals surface area (Å²) in [4.78, 5) is 9.25. The Morgan fingerprint density at radius 2 is 1.77 bits per heavy atom. The number of ether oxygens (including phenoxy) is 2. The fourth-order valence-electron chi connectivity index (χ4n) is 4.82. The van der Waals surface area contributed by atoms with E-state index < -0.39 is 0 Å². The van der Waals surface area contributed by atoms with Crippen molar-refractivity contribution in [2.24, 2.45) is 11.1 Å². The average molecular weight is 428 g/mol. The molecule has 2 aliphatic carbocycles. The van der Waals surface area contributed by atoms with E-state index in [1.54, 1.807) is 14.2 Å². The molecule has 2 heterocycles. The van der Waals surface area contributed by atoms with Gasteiger partial charge >= 0.3 is 0 Å². The molecule has 0 radical (unpaired) electrons. The number of benzene rings is 1. The third-order valence-corrected chi connectivity index (χ3v) is 7.36. The molecule has 5 rings (SSSR count). The molecule has 160 valence electrons. The van der Waals surface area contributed by atoms with Crippen molar-refractivity contribution in [1.82, 2.24) is 18.8 Å². The summed E-state index contributed by atoms with van der Waals surface area (Å²) in [5, 5.41) is 6.96. The van der Waals surface area contributed by atoms with E-state index in [-0.39, 0.29) is 0 Å². The van der Waals surface area contributed by atoms with Crippen LogP contribution in [0.25, 0.3) is 21.9 Å². The van der Waals surface area contributed by atoms with Crippen LogP contribution in [-0.2, 0) is 0 Å². The van der Waals surface area contributed by atoms with Gasteiger partial charge in [-0.1, -0.05) is 0 Å². The first kappa shape index (κ1) is 19.9. The van der Waals surface area contributed by atoms with Crippen molar-refractivity contribution >= 4 is 34.1 Å². The number of pyridine rings is 1. The fraction of sp³-hybridized carbons (Fsp3) is 0.545. The standard InChI is InChI=1S/C22H29N5O2S/c1-28-20-9-17-18(10-21(20)29-2)24-11-19-22(17)26(13-25-19)15-5-3-14(4-6-15)12-27(30-23)16-7-8-16/h9-11,13-16H,3-8,12,23H2,1-2H3. The van der Waals surface area contributed by atoms with Crippen LogP contribution in [0.4, 0.5) is 0 Å². The molecule has 2 aliphatic rings. The summed E-state index contributed by atoms with van der Waals surface area (Å²) in [5.41, 5.74) is 2.97. The van der Waals surface area contributed by atoms with Crippen LogP contribution in [0.5, 0.6) is 11.5 Å². The number of nitrogens with two attached hydrogens (primary N) is 1. The van der Waals surface area contributed by atoms with Gasteiger partial charge in [-0.3, -0.25) is 10.1 Å². The minimum atomic E-state index is 0.463. The highest BCUT2D eigenvalue weighted by atomic mass is 32.2. The van der Waals surface area contributed by atoms with Gasteiger partial charge in [0.05, 0.1) is 37.8 Å². The van der Waals surface area contributed by atoms with Gasteiger partial charge in [-0.05, 0) is 50.5 Å². The maximum absolute atomic E-state index is 5.90. The van der Waals surface area contributed by atoms with Crippen molar-refractivity contribution in [3.05, 3.63) is 24.7 Å². The van der Waals surface area contributed by atoms with Gasteiger partial charge in [-0.2, -0.15) is 0 Å². The van der Waals surface area contributed by atoms with Gasteiger partial charge in [0.2, 0.25) is 0 Å². The Labute approximate surface area is 181 Å². The summed E-state index contributed by atoms with van der Waals surface area (Å²) in [7, 11) is 3.32. The molecule has 0 aliphatic heterocycles. The molecule has 2 N–H and O–H groups in total. The second-order valence-corrected chi connectivity index (χ2v) is 9.16. The summed E-state index contributed by atoms with van der Waals surface area (Å²) in [5.74, 6) is 2.15. The molecule has 0 amide bonds. The molecule has 0 spiro atoms. The summed E-state index contributed by atoms with van der Waals surface area (Å²) in [6.45, 7) is 1.12. The van der Waals surface area contributed by atoms with Gasteiger partial charge in [-0.15, -0.1) is 0 Å². The van der Waals surface area contributed by atoms with Gasteiger partial charge in [0.1, 0.15) is 5.52 Å². The maximum atomic E-state index is 5.90. The molecular formula is C22H29N5O2S. The lowest BCUT2D eigenvalue weighted by atomic mass is 9.85. The predicted molar refractivity (Wildman–Crippen MR) is 121 cm³/mol. The molecule has 0 bridgehead atoms. The number of hydrogen-bond acceptors (Lipinski definition) is 7. The summed E-state index contributed by atoms with van der Waals surface area (Å²) >= 11 is 1.43. The molecule has 0 atom stereocenters. The Kier molecular flexibility index (Phi) is 5.47. The third-order valence-electron chi connectivity index (χ3n) is 6.64. The molecule has 2 fully saturated rings. The maximum Gasteiger partial charge on any atom is 0.162 e. The molecule has 30 heavy (non-hydrogen) atoms. The highest BCUT2D eigenvalue weighted by Crippen LogP contribution is 2.40.